The summed E-state index contributed by atoms with van der Waals surface area (Å²) in [5, 5.41) is 0. The van der Waals surface area contributed by atoms with Crippen molar-refractivity contribution in [2.45, 2.75) is 6.54 Å². The maximum absolute atomic E-state index is 10.5. The normalized spacial score (nSPS) is 15.5. The molecule has 0 amide bonds. The lowest BCUT2D eigenvalue weighted by atomic mass is 10.1. The first-order valence-electron chi connectivity index (χ1n) is 5.23. The number of hydrogen-bond donors (Lipinski definition) is 0. The Balaban J connectivity index is 0.00000128. The fourth-order valence-electron chi connectivity index (χ4n) is 1.72. The van der Waals surface area contributed by atoms with Gasteiger partial charge in [0.2, 0.25) is 0 Å². The van der Waals surface area contributed by atoms with Crippen molar-refractivity contribution in [1.29, 1.82) is 0 Å². The molecule has 0 bridgehead atoms. The van der Waals surface area contributed by atoms with Crippen LogP contribution in [0.2, 0.25) is 0 Å². The third-order valence-electron chi connectivity index (χ3n) is 2.63. The number of aldehydes is 1. The minimum atomic E-state index is 0. The van der Waals surface area contributed by atoms with Crippen LogP contribution in [-0.4, -0.2) is 37.5 Å². The Bertz CT molecular complexity index is 324. The van der Waals surface area contributed by atoms with Crippen molar-refractivity contribution >= 4 is 31.1 Å². The summed E-state index contributed by atoms with van der Waals surface area (Å²) in [6.45, 7) is 4.59. The number of rotatable bonds is 3. The number of benzene rings is 1. The van der Waals surface area contributed by atoms with Gasteiger partial charge in [0, 0.05) is 25.2 Å². The average Bonchev–Trinajstić information content (AvgIpc) is 2.31. The largest absolute Gasteiger partial charge is 0.379 e. The summed E-state index contributed by atoms with van der Waals surface area (Å²) in [6, 6.07) is 7.75. The van der Waals surface area contributed by atoms with Gasteiger partial charge in [0.25, 0.3) is 0 Å². The van der Waals surface area contributed by atoms with Crippen LogP contribution in [0, 0.1) is 0 Å². The van der Waals surface area contributed by atoms with Gasteiger partial charge in [-0.25, -0.2) is 0 Å². The minimum absolute atomic E-state index is 0. The van der Waals surface area contributed by atoms with Crippen LogP contribution in [0.15, 0.2) is 24.3 Å². The van der Waals surface area contributed by atoms with E-state index < -0.39 is 0 Å². The zero-order valence-electron chi connectivity index (χ0n) is 9.50. The molecule has 0 N–H and O–H groups in total. The maximum atomic E-state index is 10.5. The van der Waals surface area contributed by atoms with Crippen LogP contribution in [0.4, 0.5) is 0 Å². The number of morpholine rings is 1. The zero-order chi connectivity index (χ0) is 10.5. The van der Waals surface area contributed by atoms with Gasteiger partial charge in [-0.15, -0.1) is 24.8 Å². The molecule has 1 saturated heterocycles. The Hall–Kier alpha value is -0.610. The van der Waals surface area contributed by atoms with Crippen LogP contribution in [0.25, 0.3) is 0 Å². The van der Waals surface area contributed by atoms with E-state index in [0.717, 1.165) is 44.7 Å². The van der Waals surface area contributed by atoms with Crippen molar-refractivity contribution in [3.8, 4) is 0 Å². The SMILES string of the molecule is Cl.Cl.O=Cc1ccc(CN2CCOCC2)cc1. The van der Waals surface area contributed by atoms with Gasteiger partial charge in [-0.1, -0.05) is 24.3 Å². The van der Waals surface area contributed by atoms with Crippen molar-refractivity contribution < 1.29 is 9.53 Å². The van der Waals surface area contributed by atoms with Gasteiger partial charge < -0.3 is 4.74 Å². The summed E-state index contributed by atoms with van der Waals surface area (Å²) in [7, 11) is 0. The van der Waals surface area contributed by atoms with Crippen LogP contribution in [-0.2, 0) is 11.3 Å². The molecule has 17 heavy (non-hydrogen) atoms. The summed E-state index contributed by atoms with van der Waals surface area (Å²) >= 11 is 0. The van der Waals surface area contributed by atoms with Crippen molar-refractivity contribution in [2.75, 3.05) is 26.3 Å². The molecule has 2 rings (SSSR count). The summed E-state index contributed by atoms with van der Waals surface area (Å²) < 4.78 is 5.29. The molecule has 0 aromatic heterocycles. The van der Waals surface area contributed by atoms with E-state index in [0.29, 0.717) is 0 Å². The van der Waals surface area contributed by atoms with Gasteiger partial charge in [0.05, 0.1) is 13.2 Å². The monoisotopic (exact) mass is 277 g/mol. The lowest BCUT2D eigenvalue weighted by Gasteiger charge is -2.26. The molecule has 1 aromatic rings. The molecule has 5 heteroatoms. The Labute approximate surface area is 114 Å². The van der Waals surface area contributed by atoms with Crippen molar-refractivity contribution in [3.63, 3.8) is 0 Å². The molecule has 1 heterocycles. The highest BCUT2D eigenvalue weighted by atomic mass is 35.5. The number of hydrogen-bond acceptors (Lipinski definition) is 3. The third kappa shape index (κ3) is 5.04. The molecule has 0 atom stereocenters. The summed E-state index contributed by atoms with van der Waals surface area (Å²) in [5.74, 6) is 0. The van der Waals surface area contributed by atoms with Crippen LogP contribution < -0.4 is 0 Å². The van der Waals surface area contributed by atoms with E-state index in [-0.39, 0.29) is 24.8 Å². The minimum Gasteiger partial charge on any atom is -0.379 e. The highest BCUT2D eigenvalue weighted by molar-refractivity contribution is 5.85. The second kappa shape index (κ2) is 8.48. The predicted molar refractivity (Wildman–Crippen MR) is 72.4 cm³/mol. The summed E-state index contributed by atoms with van der Waals surface area (Å²) in [4.78, 5) is 12.8. The average molecular weight is 278 g/mol. The van der Waals surface area contributed by atoms with E-state index >= 15 is 0 Å². The van der Waals surface area contributed by atoms with E-state index in [1.807, 2.05) is 24.3 Å². The van der Waals surface area contributed by atoms with E-state index in [1.54, 1.807) is 0 Å². The van der Waals surface area contributed by atoms with Crippen molar-refractivity contribution in [2.24, 2.45) is 0 Å². The molecular formula is C12H17Cl2NO2. The molecule has 0 unspecified atom stereocenters. The molecule has 1 fully saturated rings. The van der Waals surface area contributed by atoms with Crippen molar-refractivity contribution in [1.82, 2.24) is 4.90 Å². The van der Waals surface area contributed by atoms with Gasteiger partial charge in [0.1, 0.15) is 6.29 Å². The van der Waals surface area contributed by atoms with E-state index in [1.165, 1.54) is 5.56 Å². The van der Waals surface area contributed by atoms with Crippen LogP contribution in [0.3, 0.4) is 0 Å². The number of ether oxygens (including phenoxy) is 1. The lowest BCUT2D eigenvalue weighted by molar-refractivity contribution is 0.0342. The summed E-state index contributed by atoms with van der Waals surface area (Å²) in [5.41, 5.74) is 1.99. The molecule has 1 aromatic carbocycles. The van der Waals surface area contributed by atoms with E-state index in [9.17, 15) is 4.79 Å². The Morgan fingerprint density at radius 3 is 2.24 bits per heavy atom. The van der Waals surface area contributed by atoms with Gasteiger partial charge in [-0.05, 0) is 5.56 Å². The number of halogens is 2. The lowest BCUT2D eigenvalue weighted by Crippen LogP contribution is -2.35. The molecule has 0 saturated carbocycles. The van der Waals surface area contributed by atoms with Gasteiger partial charge >= 0.3 is 0 Å². The zero-order valence-corrected chi connectivity index (χ0v) is 11.1. The molecule has 0 aliphatic carbocycles. The Morgan fingerprint density at radius 2 is 1.71 bits per heavy atom. The van der Waals surface area contributed by atoms with Gasteiger partial charge in [0.15, 0.2) is 0 Å². The highest BCUT2D eigenvalue weighted by Crippen LogP contribution is 2.08. The van der Waals surface area contributed by atoms with Crippen LogP contribution >= 0.6 is 24.8 Å². The van der Waals surface area contributed by atoms with Gasteiger partial charge in [-0.3, -0.25) is 9.69 Å². The molecule has 0 spiro atoms. The van der Waals surface area contributed by atoms with E-state index in [4.69, 9.17) is 4.74 Å². The topological polar surface area (TPSA) is 29.5 Å². The second-order valence-corrected chi connectivity index (χ2v) is 3.75. The molecule has 1 aliphatic heterocycles. The Morgan fingerprint density at radius 1 is 1.12 bits per heavy atom. The predicted octanol–water partition coefficient (Wildman–Crippen LogP) is 2.17. The van der Waals surface area contributed by atoms with Crippen molar-refractivity contribution in [3.05, 3.63) is 35.4 Å². The first-order chi connectivity index (χ1) is 7.38. The highest BCUT2D eigenvalue weighted by Gasteiger charge is 2.10. The molecule has 1 aliphatic rings. The fraction of sp³-hybridized carbons (Fsp3) is 0.417. The second-order valence-electron chi connectivity index (χ2n) is 3.75. The quantitative estimate of drug-likeness (QED) is 0.794. The van der Waals surface area contributed by atoms with Gasteiger partial charge in [-0.2, -0.15) is 0 Å². The Kier molecular flexibility index (Phi) is 8.17. The smallest absolute Gasteiger partial charge is 0.150 e. The molecular weight excluding hydrogens is 261 g/mol. The number of nitrogens with zero attached hydrogens (tertiary/aromatic N) is 1. The number of carbonyl (C=O) groups is 1. The molecule has 3 nitrogen and oxygen atoms in total. The number of carbonyl (C=O) groups excluding carboxylic acids is 1. The summed E-state index contributed by atoms with van der Waals surface area (Å²) in [6.07, 6.45) is 0.874. The maximum Gasteiger partial charge on any atom is 0.150 e. The molecule has 96 valence electrons. The first kappa shape index (κ1) is 16.4. The molecule has 0 radical (unpaired) electrons. The van der Waals surface area contributed by atoms with E-state index in [2.05, 4.69) is 4.90 Å². The first-order valence-corrected chi connectivity index (χ1v) is 5.23. The fourth-order valence-corrected chi connectivity index (χ4v) is 1.72. The van der Waals surface area contributed by atoms with Crippen LogP contribution in [0.5, 0.6) is 0 Å². The standard InChI is InChI=1S/C12H15NO2.2ClH/c14-10-12-3-1-11(2-4-12)9-13-5-7-15-8-6-13;;/h1-4,10H,5-9H2;2*1H. The third-order valence-corrected chi connectivity index (χ3v) is 2.63. The van der Waals surface area contributed by atoms with Crippen LogP contribution in [0.1, 0.15) is 15.9 Å².